The molecule has 0 atom stereocenters. The molecule has 0 amide bonds. The quantitative estimate of drug-likeness (QED) is 0.363. The fourth-order valence-corrected chi connectivity index (χ4v) is 5.08. The SMILES string of the molecule is COc1ccc(-c2cc(S(=O)(=O)c3cc(Cl)cc(Cl)c3)nc3cc(F)ccc23)cc1. The molecule has 1 heterocycles. The van der Waals surface area contributed by atoms with E-state index in [2.05, 4.69) is 4.98 Å². The first kappa shape index (κ1) is 20.6. The summed E-state index contributed by atoms with van der Waals surface area (Å²) in [6, 6.07) is 16.7. The molecular weight excluding hydrogens is 448 g/mol. The summed E-state index contributed by atoms with van der Waals surface area (Å²) in [7, 11) is -2.50. The van der Waals surface area contributed by atoms with Gasteiger partial charge in [-0.2, -0.15) is 0 Å². The molecule has 0 N–H and O–H groups in total. The Kier molecular flexibility index (Phi) is 5.40. The summed E-state index contributed by atoms with van der Waals surface area (Å²) in [5.41, 5.74) is 1.54. The van der Waals surface area contributed by atoms with Crippen molar-refractivity contribution in [3.63, 3.8) is 0 Å². The minimum Gasteiger partial charge on any atom is -0.497 e. The highest BCUT2D eigenvalue weighted by molar-refractivity contribution is 7.91. The van der Waals surface area contributed by atoms with Crippen LogP contribution in [0.2, 0.25) is 10.0 Å². The van der Waals surface area contributed by atoms with E-state index in [9.17, 15) is 12.8 Å². The van der Waals surface area contributed by atoms with Gasteiger partial charge in [0.25, 0.3) is 0 Å². The van der Waals surface area contributed by atoms with E-state index in [0.717, 1.165) is 5.56 Å². The van der Waals surface area contributed by atoms with E-state index in [1.807, 2.05) is 0 Å². The largest absolute Gasteiger partial charge is 0.497 e. The first-order valence-corrected chi connectivity index (χ1v) is 11.0. The van der Waals surface area contributed by atoms with Crippen LogP contribution in [0.25, 0.3) is 22.0 Å². The number of nitrogens with zero attached hydrogens (tertiary/aromatic N) is 1. The zero-order valence-corrected chi connectivity index (χ0v) is 17.9. The molecule has 4 rings (SSSR count). The number of benzene rings is 3. The van der Waals surface area contributed by atoms with Crippen molar-refractivity contribution >= 4 is 43.9 Å². The van der Waals surface area contributed by atoms with Crippen molar-refractivity contribution in [1.29, 1.82) is 0 Å². The van der Waals surface area contributed by atoms with Crippen molar-refractivity contribution in [2.75, 3.05) is 7.11 Å². The predicted octanol–water partition coefficient (Wildman–Crippen LogP) is 6.19. The lowest BCUT2D eigenvalue weighted by molar-refractivity contribution is 0.415. The molecule has 0 fully saturated rings. The minimum absolute atomic E-state index is 0.0936. The van der Waals surface area contributed by atoms with Crippen molar-refractivity contribution < 1.29 is 17.5 Å². The van der Waals surface area contributed by atoms with Crippen LogP contribution in [0.3, 0.4) is 0 Å². The second-order valence-electron chi connectivity index (χ2n) is 6.51. The Morgan fingerprint density at radius 3 is 2.20 bits per heavy atom. The molecule has 30 heavy (non-hydrogen) atoms. The number of pyridine rings is 1. The molecular formula is C22H14Cl2FNO3S. The normalized spacial score (nSPS) is 11.6. The van der Waals surface area contributed by atoms with E-state index in [4.69, 9.17) is 27.9 Å². The number of methoxy groups -OCH3 is 1. The molecule has 0 aliphatic carbocycles. The molecule has 3 aromatic carbocycles. The molecule has 152 valence electrons. The van der Waals surface area contributed by atoms with Crippen LogP contribution in [0, 0.1) is 5.82 Å². The third kappa shape index (κ3) is 3.86. The van der Waals surface area contributed by atoms with Crippen molar-refractivity contribution in [2.45, 2.75) is 9.92 Å². The van der Waals surface area contributed by atoms with Crippen molar-refractivity contribution in [2.24, 2.45) is 0 Å². The van der Waals surface area contributed by atoms with E-state index in [1.54, 1.807) is 37.4 Å². The monoisotopic (exact) mass is 461 g/mol. The van der Waals surface area contributed by atoms with Gasteiger partial charge in [0.1, 0.15) is 11.6 Å². The van der Waals surface area contributed by atoms with Gasteiger partial charge in [0.2, 0.25) is 9.84 Å². The summed E-state index contributed by atoms with van der Waals surface area (Å²) < 4.78 is 45.6. The van der Waals surface area contributed by atoms with Crippen LogP contribution in [0.4, 0.5) is 4.39 Å². The maximum atomic E-state index is 13.9. The number of fused-ring (bicyclic) bond motifs is 1. The number of hydrogen-bond acceptors (Lipinski definition) is 4. The Labute approximate surface area is 182 Å². The molecule has 0 saturated carbocycles. The Hall–Kier alpha value is -2.67. The lowest BCUT2D eigenvalue weighted by atomic mass is 10.0. The topological polar surface area (TPSA) is 56.3 Å². The van der Waals surface area contributed by atoms with Gasteiger partial charge in [-0.25, -0.2) is 17.8 Å². The molecule has 4 nitrogen and oxygen atoms in total. The first-order chi connectivity index (χ1) is 14.3. The summed E-state index contributed by atoms with van der Waals surface area (Å²) in [4.78, 5) is 4.13. The molecule has 0 aliphatic heterocycles. The zero-order chi connectivity index (χ0) is 21.5. The van der Waals surface area contributed by atoms with E-state index in [-0.39, 0.29) is 25.5 Å². The average Bonchev–Trinajstić information content (AvgIpc) is 2.72. The van der Waals surface area contributed by atoms with Crippen molar-refractivity contribution in [3.05, 3.63) is 82.6 Å². The Morgan fingerprint density at radius 2 is 1.57 bits per heavy atom. The van der Waals surface area contributed by atoms with Crippen LogP contribution in [-0.4, -0.2) is 20.5 Å². The molecule has 0 aliphatic rings. The minimum atomic E-state index is -4.06. The summed E-state index contributed by atoms with van der Waals surface area (Å²) >= 11 is 12.0. The Balaban J connectivity index is 1.98. The molecule has 0 spiro atoms. The number of hydrogen-bond donors (Lipinski definition) is 0. The Bertz CT molecular complexity index is 1350. The van der Waals surface area contributed by atoms with Gasteiger partial charge < -0.3 is 4.74 Å². The van der Waals surface area contributed by atoms with E-state index in [1.165, 1.54) is 36.4 Å². The number of ether oxygens (including phenoxy) is 1. The first-order valence-electron chi connectivity index (χ1n) is 8.74. The van der Waals surface area contributed by atoms with Crippen molar-refractivity contribution in [1.82, 2.24) is 4.98 Å². The highest BCUT2D eigenvalue weighted by Gasteiger charge is 2.23. The number of rotatable bonds is 4. The van der Waals surface area contributed by atoms with Gasteiger partial charge in [-0.1, -0.05) is 35.3 Å². The second-order valence-corrected chi connectivity index (χ2v) is 9.28. The van der Waals surface area contributed by atoms with Gasteiger partial charge in [-0.05, 0) is 59.7 Å². The summed E-state index contributed by atoms with van der Waals surface area (Å²) in [6.07, 6.45) is 0. The number of sulfone groups is 1. The number of halogens is 3. The van der Waals surface area contributed by atoms with E-state index >= 15 is 0 Å². The highest BCUT2D eigenvalue weighted by atomic mass is 35.5. The highest BCUT2D eigenvalue weighted by Crippen LogP contribution is 2.34. The van der Waals surface area contributed by atoms with Crippen LogP contribution < -0.4 is 4.74 Å². The van der Waals surface area contributed by atoms with E-state index in [0.29, 0.717) is 16.7 Å². The summed E-state index contributed by atoms with van der Waals surface area (Å²) in [6.45, 7) is 0. The third-order valence-corrected chi connectivity index (χ3v) is 6.62. The molecule has 0 radical (unpaired) electrons. The second kappa shape index (κ2) is 7.87. The molecule has 0 bridgehead atoms. The fraction of sp³-hybridized carbons (Fsp3) is 0.0455. The molecule has 0 saturated heterocycles. The molecule has 1 aromatic heterocycles. The van der Waals surface area contributed by atoms with Crippen LogP contribution >= 0.6 is 23.2 Å². The van der Waals surface area contributed by atoms with Gasteiger partial charge in [-0.15, -0.1) is 0 Å². The molecule has 4 aromatic rings. The maximum Gasteiger partial charge on any atom is 0.223 e. The third-order valence-electron chi connectivity index (χ3n) is 4.57. The zero-order valence-electron chi connectivity index (χ0n) is 15.6. The average molecular weight is 462 g/mol. The summed E-state index contributed by atoms with van der Waals surface area (Å²) in [5.74, 6) is 0.139. The van der Waals surface area contributed by atoms with Gasteiger partial charge in [0.15, 0.2) is 5.03 Å². The molecule has 8 heteroatoms. The Morgan fingerprint density at radius 1 is 0.900 bits per heavy atom. The van der Waals surface area contributed by atoms with Gasteiger partial charge in [0, 0.05) is 21.5 Å². The van der Waals surface area contributed by atoms with Crippen LogP contribution in [0.1, 0.15) is 0 Å². The van der Waals surface area contributed by atoms with E-state index < -0.39 is 15.7 Å². The summed E-state index contributed by atoms with van der Waals surface area (Å²) in [5, 5.41) is 0.751. The van der Waals surface area contributed by atoms with Crippen molar-refractivity contribution in [3.8, 4) is 16.9 Å². The van der Waals surface area contributed by atoms with Gasteiger partial charge in [0.05, 0.1) is 17.5 Å². The number of aromatic nitrogens is 1. The van der Waals surface area contributed by atoms with Crippen LogP contribution in [-0.2, 0) is 9.84 Å². The lowest BCUT2D eigenvalue weighted by Crippen LogP contribution is -2.06. The lowest BCUT2D eigenvalue weighted by Gasteiger charge is -2.12. The molecule has 0 unspecified atom stereocenters. The van der Waals surface area contributed by atoms with Crippen LogP contribution in [0.5, 0.6) is 5.75 Å². The van der Waals surface area contributed by atoms with Gasteiger partial charge >= 0.3 is 0 Å². The fourth-order valence-electron chi connectivity index (χ4n) is 3.13. The van der Waals surface area contributed by atoms with Crippen LogP contribution in [0.15, 0.2) is 76.7 Å². The standard InChI is InChI=1S/C22H14Cl2FNO3S/c1-29-17-5-2-13(3-6-17)20-12-22(26-21-11-16(25)4-7-19(20)21)30(27,28)18-9-14(23)8-15(24)10-18/h2-12H,1H3. The maximum absolute atomic E-state index is 13.9. The van der Waals surface area contributed by atoms with Gasteiger partial charge in [-0.3, -0.25) is 0 Å². The predicted molar refractivity (Wildman–Crippen MR) is 116 cm³/mol. The smallest absolute Gasteiger partial charge is 0.223 e.